The predicted molar refractivity (Wildman–Crippen MR) is 75.1 cm³/mol. The molecule has 0 amide bonds. The smallest absolute Gasteiger partial charge is 0.123 e. The molecule has 1 aliphatic rings. The molecular formula is C17H17FO2. The number of fused-ring (bicyclic) bond motifs is 1. The van der Waals surface area contributed by atoms with Gasteiger partial charge in [-0.25, -0.2) is 4.39 Å². The summed E-state index contributed by atoms with van der Waals surface area (Å²) in [7, 11) is 0. The molecule has 2 nitrogen and oxygen atoms in total. The SMILES string of the molecule is O[C@@H]1CCCc2ccc(OCc3cccc(F)c3)cc21. The Kier molecular flexibility index (Phi) is 3.70. The van der Waals surface area contributed by atoms with Crippen molar-refractivity contribution in [3.63, 3.8) is 0 Å². The largest absolute Gasteiger partial charge is 0.489 e. The summed E-state index contributed by atoms with van der Waals surface area (Å²) >= 11 is 0. The van der Waals surface area contributed by atoms with E-state index >= 15 is 0 Å². The molecule has 0 fully saturated rings. The average molecular weight is 272 g/mol. The van der Waals surface area contributed by atoms with Crippen molar-refractivity contribution in [1.29, 1.82) is 0 Å². The summed E-state index contributed by atoms with van der Waals surface area (Å²) in [5, 5.41) is 10.0. The molecule has 2 aromatic rings. The van der Waals surface area contributed by atoms with Crippen LogP contribution in [0.5, 0.6) is 5.75 Å². The van der Waals surface area contributed by atoms with Gasteiger partial charge in [0.25, 0.3) is 0 Å². The third-order valence-corrected chi connectivity index (χ3v) is 3.69. The van der Waals surface area contributed by atoms with E-state index in [0.717, 1.165) is 30.4 Å². The number of halogens is 1. The Balaban J connectivity index is 1.73. The second-order valence-corrected chi connectivity index (χ2v) is 5.19. The fourth-order valence-electron chi connectivity index (χ4n) is 2.64. The zero-order valence-corrected chi connectivity index (χ0v) is 11.2. The van der Waals surface area contributed by atoms with Crippen molar-refractivity contribution in [2.45, 2.75) is 32.0 Å². The van der Waals surface area contributed by atoms with E-state index in [-0.39, 0.29) is 5.82 Å². The number of ether oxygens (including phenoxy) is 1. The van der Waals surface area contributed by atoms with Crippen molar-refractivity contribution in [3.8, 4) is 5.75 Å². The lowest BCUT2D eigenvalue weighted by Gasteiger charge is -2.22. The molecule has 0 saturated heterocycles. The number of hydrogen-bond donors (Lipinski definition) is 1. The fraction of sp³-hybridized carbons (Fsp3) is 0.294. The Hall–Kier alpha value is -1.87. The Labute approximate surface area is 117 Å². The Bertz CT molecular complexity index is 610. The van der Waals surface area contributed by atoms with E-state index in [2.05, 4.69) is 0 Å². The number of benzene rings is 2. The highest BCUT2D eigenvalue weighted by atomic mass is 19.1. The van der Waals surface area contributed by atoms with Crippen LogP contribution in [0.25, 0.3) is 0 Å². The maximum absolute atomic E-state index is 13.1. The van der Waals surface area contributed by atoms with Crippen molar-refractivity contribution in [2.75, 3.05) is 0 Å². The second kappa shape index (κ2) is 5.63. The van der Waals surface area contributed by atoms with Gasteiger partial charge in [-0.2, -0.15) is 0 Å². The monoisotopic (exact) mass is 272 g/mol. The van der Waals surface area contributed by atoms with Gasteiger partial charge >= 0.3 is 0 Å². The Morgan fingerprint density at radius 3 is 2.95 bits per heavy atom. The molecule has 0 aromatic heterocycles. The number of rotatable bonds is 3. The molecule has 0 aliphatic heterocycles. The quantitative estimate of drug-likeness (QED) is 0.921. The highest BCUT2D eigenvalue weighted by Gasteiger charge is 2.18. The van der Waals surface area contributed by atoms with E-state index in [1.807, 2.05) is 24.3 Å². The van der Waals surface area contributed by atoms with Gasteiger partial charge in [0.2, 0.25) is 0 Å². The van der Waals surface area contributed by atoms with E-state index in [9.17, 15) is 9.50 Å². The summed E-state index contributed by atoms with van der Waals surface area (Å²) in [4.78, 5) is 0. The van der Waals surface area contributed by atoms with Crippen LogP contribution in [0.1, 0.15) is 35.6 Å². The van der Waals surface area contributed by atoms with Crippen LogP contribution in [0.15, 0.2) is 42.5 Å². The molecule has 1 aliphatic carbocycles. The van der Waals surface area contributed by atoms with Crippen molar-refractivity contribution >= 4 is 0 Å². The summed E-state index contributed by atoms with van der Waals surface area (Å²) in [6.07, 6.45) is 2.45. The molecule has 2 aromatic carbocycles. The topological polar surface area (TPSA) is 29.5 Å². The summed E-state index contributed by atoms with van der Waals surface area (Å²) in [6.45, 7) is 0.326. The first kappa shape index (κ1) is 13.1. The molecule has 1 atom stereocenters. The van der Waals surface area contributed by atoms with Crippen LogP contribution in [-0.2, 0) is 13.0 Å². The van der Waals surface area contributed by atoms with Crippen LogP contribution < -0.4 is 4.74 Å². The number of hydrogen-bond acceptors (Lipinski definition) is 2. The van der Waals surface area contributed by atoms with E-state index in [1.54, 1.807) is 6.07 Å². The number of aliphatic hydroxyl groups is 1. The summed E-state index contributed by atoms with van der Waals surface area (Å²) in [6, 6.07) is 12.2. The zero-order chi connectivity index (χ0) is 13.9. The maximum Gasteiger partial charge on any atom is 0.123 e. The minimum atomic E-state index is -0.392. The lowest BCUT2D eigenvalue weighted by molar-refractivity contribution is 0.156. The molecule has 0 heterocycles. The molecule has 0 radical (unpaired) electrons. The van der Waals surface area contributed by atoms with E-state index < -0.39 is 6.10 Å². The first-order valence-corrected chi connectivity index (χ1v) is 6.90. The molecule has 0 bridgehead atoms. The van der Waals surface area contributed by atoms with Crippen molar-refractivity contribution < 1.29 is 14.2 Å². The minimum absolute atomic E-state index is 0.257. The first-order valence-electron chi connectivity index (χ1n) is 6.90. The second-order valence-electron chi connectivity index (χ2n) is 5.19. The lowest BCUT2D eigenvalue weighted by Crippen LogP contribution is -2.09. The van der Waals surface area contributed by atoms with Gasteiger partial charge in [0.1, 0.15) is 18.2 Å². The zero-order valence-electron chi connectivity index (χ0n) is 11.2. The van der Waals surface area contributed by atoms with Crippen LogP contribution in [-0.4, -0.2) is 5.11 Å². The third kappa shape index (κ3) is 2.83. The summed E-state index contributed by atoms with van der Waals surface area (Å²) < 4.78 is 18.8. The normalized spacial score (nSPS) is 17.6. The van der Waals surface area contributed by atoms with E-state index in [1.165, 1.54) is 17.7 Å². The van der Waals surface area contributed by atoms with Gasteiger partial charge in [0.15, 0.2) is 0 Å². The van der Waals surface area contributed by atoms with Crippen molar-refractivity contribution in [1.82, 2.24) is 0 Å². The van der Waals surface area contributed by atoms with Gasteiger partial charge < -0.3 is 9.84 Å². The van der Waals surface area contributed by atoms with Gasteiger partial charge in [-0.15, -0.1) is 0 Å². The number of aliphatic hydroxyl groups excluding tert-OH is 1. The van der Waals surface area contributed by atoms with Crippen LogP contribution in [0.4, 0.5) is 4.39 Å². The highest BCUT2D eigenvalue weighted by molar-refractivity contribution is 5.38. The molecular weight excluding hydrogens is 255 g/mol. The predicted octanol–water partition coefficient (Wildman–Crippen LogP) is 3.77. The standard InChI is InChI=1S/C17H17FO2/c18-14-5-1-3-12(9-14)11-20-15-8-7-13-4-2-6-17(19)16(13)10-15/h1,3,5,7-10,17,19H,2,4,6,11H2/t17-/m1/s1. The van der Waals surface area contributed by atoms with Crippen LogP contribution in [0.2, 0.25) is 0 Å². The van der Waals surface area contributed by atoms with Crippen molar-refractivity contribution in [2.24, 2.45) is 0 Å². The van der Waals surface area contributed by atoms with Gasteiger partial charge in [-0.3, -0.25) is 0 Å². The maximum atomic E-state index is 13.1. The fourth-order valence-corrected chi connectivity index (χ4v) is 2.64. The van der Waals surface area contributed by atoms with Crippen LogP contribution in [0, 0.1) is 5.82 Å². The molecule has 3 heteroatoms. The van der Waals surface area contributed by atoms with Gasteiger partial charge in [-0.05, 0) is 60.2 Å². The van der Waals surface area contributed by atoms with Crippen molar-refractivity contribution in [3.05, 3.63) is 65.0 Å². The van der Waals surface area contributed by atoms with Gasteiger partial charge in [-0.1, -0.05) is 18.2 Å². The minimum Gasteiger partial charge on any atom is -0.489 e. The molecule has 0 saturated carbocycles. The molecule has 0 unspecified atom stereocenters. The van der Waals surface area contributed by atoms with E-state index in [4.69, 9.17) is 4.74 Å². The van der Waals surface area contributed by atoms with E-state index in [0.29, 0.717) is 12.4 Å². The molecule has 104 valence electrons. The average Bonchev–Trinajstić information content (AvgIpc) is 2.46. The van der Waals surface area contributed by atoms with Crippen LogP contribution >= 0.6 is 0 Å². The molecule has 3 rings (SSSR count). The highest BCUT2D eigenvalue weighted by Crippen LogP contribution is 2.32. The van der Waals surface area contributed by atoms with Gasteiger partial charge in [0, 0.05) is 0 Å². The summed E-state index contributed by atoms with van der Waals surface area (Å²) in [5.41, 5.74) is 2.96. The first-order chi connectivity index (χ1) is 9.72. The lowest BCUT2D eigenvalue weighted by atomic mass is 9.89. The summed E-state index contributed by atoms with van der Waals surface area (Å²) in [5.74, 6) is 0.459. The molecule has 0 spiro atoms. The van der Waals surface area contributed by atoms with Crippen LogP contribution in [0.3, 0.4) is 0 Å². The Morgan fingerprint density at radius 1 is 1.20 bits per heavy atom. The number of aryl methyl sites for hydroxylation is 1. The molecule has 1 N–H and O–H groups in total. The third-order valence-electron chi connectivity index (χ3n) is 3.69. The van der Waals surface area contributed by atoms with Gasteiger partial charge in [0.05, 0.1) is 6.10 Å². The Morgan fingerprint density at radius 2 is 2.10 bits per heavy atom. The molecule has 20 heavy (non-hydrogen) atoms.